The fourth-order valence-corrected chi connectivity index (χ4v) is 4.40. The van der Waals surface area contributed by atoms with E-state index in [-0.39, 0.29) is 23.3 Å². The van der Waals surface area contributed by atoms with E-state index >= 15 is 0 Å². The molecule has 2 rings (SSSR count). The summed E-state index contributed by atoms with van der Waals surface area (Å²) in [6, 6.07) is 4.96. The van der Waals surface area contributed by atoms with Crippen LogP contribution < -0.4 is 0 Å². The largest absolute Gasteiger partial charge is 0.466 e. The van der Waals surface area contributed by atoms with E-state index < -0.39 is 10.0 Å². The summed E-state index contributed by atoms with van der Waals surface area (Å²) in [6.45, 7) is 4.54. The number of piperidine rings is 1. The molecular formula is C15H20BrNO4S. The van der Waals surface area contributed by atoms with Crippen molar-refractivity contribution in [3.8, 4) is 0 Å². The van der Waals surface area contributed by atoms with Crippen LogP contribution in [-0.2, 0) is 19.6 Å². The number of hydrogen-bond donors (Lipinski definition) is 0. The summed E-state index contributed by atoms with van der Waals surface area (Å²) < 4.78 is 32.7. The Labute approximate surface area is 139 Å². The van der Waals surface area contributed by atoms with Crippen molar-refractivity contribution in [3.05, 3.63) is 28.2 Å². The summed E-state index contributed by atoms with van der Waals surface area (Å²) in [7, 11) is -3.58. The van der Waals surface area contributed by atoms with E-state index in [9.17, 15) is 13.2 Å². The van der Waals surface area contributed by atoms with Gasteiger partial charge < -0.3 is 4.74 Å². The molecule has 0 bridgehead atoms. The first-order valence-electron chi connectivity index (χ1n) is 7.29. The first-order chi connectivity index (χ1) is 10.4. The van der Waals surface area contributed by atoms with Gasteiger partial charge in [-0.3, -0.25) is 4.79 Å². The molecule has 5 nitrogen and oxygen atoms in total. The molecule has 0 amide bonds. The molecule has 22 heavy (non-hydrogen) atoms. The van der Waals surface area contributed by atoms with Gasteiger partial charge in [-0.05, 0) is 50.5 Å². The van der Waals surface area contributed by atoms with Gasteiger partial charge in [-0.25, -0.2) is 8.42 Å². The number of esters is 1. The van der Waals surface area contributed by atoms with E-state index in [0.717, 1.165) is 10.0 Å². The van der Waals surface area contributed by atoms with E-state index in [1.165, 1.54) is 4.31 Å². The maximum atomic E-state index is 12.7. The van der Waals surface area contributed by atoms with E-state index in [1.807, 2.05) is 6.92 Å². The minimum Gasteiger partial charge on any atom is -0.466 e. The fourth-order valence-electron chi connectivity index (χ4n) is 2.54. The Kier molecular flexibility index (Phi) is 5.63. The Hall–Kier alpha value is -0.920. The number of nitrogens with zero attached hydrogens (tertiary/aromatic N) is 1. The van der Waals surface area contributed by atoms with Gasteiger partial charge in [0.05, 0.1) is 17.4 Å². The minimum absolute atomic E-state index is 0.191. The lowest BCUT2D eigenvalue weighted by molar-refractivity contribution is -0.149. The summed E-state index contributed by atoms with van der Waals surface area (Å²) in [5.74, 6) is -0.686. The van der Waals surface area contributed by atoms with Gasteiger partial charge >= 0.3 is 5.97 Å². The van der Waals surface area contributed by atoms with E-state index in [4.69, 9.17) is 4.74 Å². The van der Waals surface area contributed by atoms with Crippen LogP contribution in [0.1, 0.15) is 25.3 Å². The topological polar surface area (TPSA) is 63.7 Å². The van der Waals surface area contributed by atoms with E-state index in [0.29, 0.717) is 26.0 Å². The van der Waals surface area contributed by atoms with Gasteiger partial charge in [0, 0.05) is 17.6 Å². The van der Waals surface area contributed by atoms with Crippen molar-refractivity contribution < 1.29 is 17.9 Å². The molecule has 0 unspecified atom stereocenters. The average Bonchev–Trinajstić information content (AvgIpc) is 2.50. The molecule has 1 aromatic rings. The zero-order valence-corrected chi connectivity index (χ0v) is 15.1. The van der Waals surface area contributed by atoms with Crippen LogP contribution in [0.25, 0.3) is 0 Å². The lowest BCUT2D eigenvalue weighted by atomic mass is 10.0. The van der Waals surface area contributed by atoms with E-state index in [1.54, 1.807) is 25.1 Å². The average molecular weight is 390 g/mol. The number of ether oxygens (including phenoxy) is 1. The summed E-state index contributed by atoms with van der Waals surface area (Å²) in [5, 5.41) is 0. The first kappa shape index (κ1) is 17.4. The maximum Gasteiger partial charge on any atom is 0.310 e. The molecular weight excluding hydrogens is 370 g/mol. The summed E-state index contributed by atoms with van der Waals surface area (Å²) >= 11 is 3.37. The Morgan fingerprint density at radius 3 is 2.82 bits per heavy atom. The number of sulfonamides is 1. The molecule has 0 N–H and O–H groups in total. The molecule has 1 heterocycles. The smallest absolute Gasteiger partial charge is 0.310 e. The lowest BCUT2D eigenvalue weighted by Gasteiger charge is -2.30. The Balaban J connectivity index is 2.21. The van der Waals surface area contributed by atoms with Crippen molar-refractivity contribution in [2.75, 3.05) is 19.7 Å². The van der Waals surface area contributed by atoms with Gasteiger partial charge in [0.2, 0.25) is 10.0 Å². The first-order valence-corrected chi connectivity index (χ1v) is 9.52. The van der Waals surface area contributed by atoms with Crippen LogP contribution in [-0.4, -0.2) is 38.4 Å². The van der Waals surface area contributed by atoms with Crippen molar-refractivity contribution in [3.63, 3.8) is 0 Å². The van der Waals surface area contributed by atoms with Crippen LogP contribution >= 0.6 is 15.9 Å². The van der Waals surface area contributed by atoms with Crippen molar-refractivity contribution in [2.24, 2.45) is 5.92 Å². The molecule has 1 saturated heterocycles. The number of benzene rings is 1. The number of hydrogen-bond acceptors (Lipinski definition) is 4. The molecule has 0 spiro atoms. The third kappa shape index (κ3) is 3.70. The summed E-state index contributed by atoms with van der Waals surface area (Å²) in [6.07, 6.45) is 1.34. The third-order valence-electron chi connectivity index (χ3n) is 3.77. The van der Waals surface area contributed by atoms with Crippen molar-refractivity contribution in [1.82, 2.24) is 4.31 Å². The van der Waals surface area contributed by atoms with E-state index in [2.05, 4.69) is 15.9 Å². The highest BCUT2D eigenvalue weighted by Gasteiger charge is 2.34. The van der Waals surface area contributed by atoms with Crippen molar-refractivity contribution in [2.45, 2.75) is 31.6 Å². The highest BCUT2D eigenvalue weighted by atomic mass is 79.9. The van der Waals surface area contributed by atoms with Crippen LogP contribution in [0.3, 0.4) is 0 Å². The molecule has 1 fully saturated rings. The summed E-state index contributed by atoms with van der Waals surface area (Å²) in [4.78, 5) is 12.1. The second-order valence-corrected chi connectivity index (χ2v) is 8.16. The fraction of sp³-hybridized carbons (Fsp3) is 0.533. The Bertz CT molecular complexity index is 660. The van der Waals surface area contributed by atoms with Crippen LogP contribution in [0.5, 0.6) is 0 Å². The predicted octanol–water partition coefficient (Wildman–Crippen LogP) is 2.72. The van der Waals surface area contributed by atoms with Crippen LogP contribution in [0.15, 0.2) is 27.6 Å². The molecule has 1 aliphatic rings. The second-order valence-electron chi connectivity index (χ2n) is 5.37. The van der Waals surface area contributed by atoms with Gasteiger partial charge in [-0.2, -0.15) is 4.31 Å². The highest BCUT2D eigenvalue weighted by molar-refractivity contribution is 9.10. The lowest BCUT2D eigenvalue weighted by Crippen LogP contribution is -2.42. The second kappa shape index (κ2) is 7.10. The number of carbonyl (C=O) groups is 1. The number of aryl methyl sites for hydroxylation is 1. The minimum atomic E-state index is -3.58. The molecule has 1 aliphatic heterocycles. The van der Waals surface area contributed by atoms with Gasteiger partial charge in [-0.1, -0.05) is 15.9 Å². The molecule has 7 heteroatoms. The SMILES string of the molecule is CCOC(=O)[C@H]1CCCN(S(=O)(=O)c2ccc(Br)c(C)c2)C1. The number of carbonyl (C=O) groups excluding carboxylic acids is 1. The third-order valence-corrected chi connectivity index (χ3v) is 6.52. The van der Waals surface area contributed by atoms with Crippen molar-refractivity contribution in [1.29, 1.82) is 0 Å². The number of rotatable bonds is 4. The highest BCUT2D eigenvalue weighted by Crippen LogP contribution is 2.27. The van der Waals surface area contributed by atoms with Crippen molar-refractivity contribution >= 4 is 31.9 Å². The molecule has 0 aliphatic carbocycles. The molecule has 122 valence electrons. The predicted molar refractivity (Wildman–Crippen MR) is 87.0 cm³/mol. The Morgan fingerprint density at radius 1 is 1.45 bits per heavy atom. The molecule has 0 saturated carbocycles. The zero-order chi connectivity index (χ0) is 16.3. The normalized spacial score (nSPS) is 19.9. The van der Waals surface area contributed by atoms with Crippen LogP contribution in [0, 0.1) is 12.8 Å². The molecule has 0 radical (unpaired) electrons. The molecule has 1 aromatic carbocycles. The van der Waals surface area contributed by atoms with Crippen LogP contribution in [0.4, 0.5) is 0 Å². The van der Waals surface area contributed by atoms with Gasteiger partial charge in [0.15, 0.2) is 0 Å². The summed E-state index contributed by atoms with van der Waals surface area (Å²) in [5.41, 5.74) is 0.861. The quantitative estimate of drug-likeness (QED) is 0.742. The standard InChI is InChI=1S/C15H20BrNO4S/c1-3-21-15(18)12-5-4-8-17(10-12)22(19,20)13-6-7-14(16)11(2)9-13/h6-7,9,12H,3-5,8,10H2,1-2H3/t12-/m0/s1. The zero-order valence-electron chi connectivity index (χ0n) is 12.7. The molecule has 1 atom stereocenters. The monoisotopic (exact) mass is 389 g/mol. The van der Waals surface area contributed by atoms with Crippen LogP contribution in [0.2, 0.25) is 0 Å². The van der Waals surface area contributed by atoms with Gasteiger partial charge in [-0.15, -0.1) is 0 Å². The maximum absolute atomic E-state index is 12.7. The Morgan fingerprint density at radius 2 is 2.18 bits per heavy atom. The van der Waals surface area contributed by atoms with Gasteiger partial charge in [0.1, 0.15) is 0 Å². The van der Waals surface area contributed by atoms with Gasteiger partial charge in [0.25, 0.3) is 0 Å². The number of halogens is 1. The molecule has 0 aromatic heterocycles.